The maximum atomic E-state index is 5.66. The monoisotopic (exact) mass is 252 g/mol. The topological polar surface area (TPSA) is 43.4 Å². The van der Waals surface area contributed by atoms with Crippen molar-refractivity contribution in [3.05, 3.63) is 24.0 Å². The molecule has 1 aromatic rings. The largest absolute Gasteiger partial charge is 0.495 e. The Balaban J connectivity index is 2.72. The van der Waals surface area contributed by atoms with Crippen LogP contribution in [0.4, 0.5) is 0 Å². The van der Waals surface area contributed by atoms with Crippen LogP contribution in [0.15, 0.2) is 18.5 Å². The third-order valence-corrected chi connectivity index (χ3v) is 2.69. The zero-order valence-corrected chi connectivity index (χ0v) is 11.6. The Bertz CT molecular complexity index is 331. The Kier molecular flexibility index (Phi) is 7.37. The maximum absolute atomic E-state index is 5.66. The summed E-state index contributed by atoms with van der Waals surface area (Å²) in [6, 6.07) is 2.15. The number of hydrogen-bond donors (Lipinski definition) is 1. The number of rotatable bonds is 9. The Morgan fingerprint density at radius 3 is 2.83 bits per heavy atom. The summed E-state index contributed by atoms with van der Waals surface area (Å²) in [6.45, 7) is 6.68. The van der Waals surface area contributed by atoms with E-state index in [0.717, 1.165) is 37.3 Å². The molecule has 1 aromatic heterocycles. The van der Waals surface area contributed by atoms with Crippen LogP contribution < -0.4 is 10.1 Å². The van der Waals surface area contributed by atoms with Crippen molar-refractivity contribution in [2.24, 2.45) is 0 Å². The van der Waals surface area contributed by atoms with Gasteiger partial charge in [-0.1, -0.05) is 13.8 Å². The molecule has 102 valence electrons. The molecule has 1 unspecified atom stereocenters. The van der Waals surface area contributed by atoms with E-state index in [9.17, 15) is 0 Å². The molecule has 4 heteroatoms. The van der Waals surface area contributed by atoms with Gasteiger partial charge < -0.3 is 14.8 Å². The molecule has 0 bridgehead atoms. The molecule has 1 rings (SSSR count). The number of pyridine rings is 1. The summed E-state index contributed by atoms with van der Waals surface area (Å²) < 4.78 is 11.0. The minimum absolute atomic E-state index is 0.162. The second kappa shape index (κ2) is 8.89. The van der Waals surface area contributed by atoms with Gasteiger partial charge in [0, 0.05) is 18.4 Å². The predicted molar refractivity (Wildman–Crippen MR) is 72.9 cm³/mol. The molecule has 0 aliphatic carbocycles. The van der Waals surface area contributed by atoms with Gasteiger partial charge in [0.05, 0.1) is 26.0 Å². The van der Waals surface area contributed by atoms with E-state index in [2.05, 4.69) is 24.1 Å². The van der Waals surface area contributed by atoms with Crippen molar-refractivity contribution >= 4 is 0 Å². The fourth-order valence-electron chi connectivity index (χ4n) is 1.77. The molecular weight excluding hydrogens is 228 g/mol. The molecular formula is C14H24N2O2. The molecule has 1 atom stereocenters. The van der Waals surface area contributed by atoms with Crippen LogP contribution in [0.2, 0.25) is 0 Å². The third kappa shape index (κ3) is 4.63. The molecule has 0 aromatic carbocycles. The van der Waals surface area contributed by atoms with Crippen molar-refractivity contribution in [2.45, 2.75) is 32.7 Å². The summed E-state index contributed by atoms with van der Waals surface area (Å²) in [6.07, 6.45) is 5.67. The van der Waals surface area contributed by atoms with Crippen LogP contribution in [0.3, 0.4) is 0 Å². The van der Waals surface area contributed by atoms with E-state index in [4.69, 9.17) is 9.47 Å². The Labute approximate surface area is 110 Å². The lowest BCUT2D eigenvalue weighted by Crippen LogP contribution is -2.27. The molecule has 0 amide bonds. The molecule has 1 heterocycles. The lowest BCUT2D eigenvalue weighted by atomic mass is 10.1. The van der Waals surface area contributed by atoms with E-state index in [1.165, 1.54) is 0 Å². The first-order valence-electron chi connectivity index (χ1n) is 6.62. The van der Waals surface area contributed by atoms with Gasteiger partial charge >= 0.3 is 0 Å². The third-order valence-electron chi connectivity index (χ3n) is 2.69. The van der Waals surface area contributed by atoms with Gasteiger partial charge in [0.2, 0.25) is 0 Å². The summed E-state index contributed by atoms with van der Waals surface area (Å²) in [5, 5.41) is 3.49. The highest BCUT2D eigenvalue weighted by Crippen LogP contribution is 2.24. The van der Waals surface area contributed by atoms with Crippen molar-refractivity contribution in [2.75, 3.05) is 26.9 Å². The number of hydrogen-bond acceptors (Lipinski definition) is 4. The van der Waals surface area contributed by atoms with Crippen molar-refractivity contribution in [3.63, 3.8) is 0 Å². The van der Waals surface area contributed by atoms with Crippen molar-refractivity contribution in [1.29, 1.82) is 0 Å². The van der Waals surface area contributed by atoms with E-state index < -0.39 is 0 Å². The first kappa shape index (κ1) is 14.9. The lowest BCUT2D eigenvalue weighted by molar-refractivity contribution is 0.111. The average molecular weight is 252 g/mol. The van der Waals surface area contributed by atoms with Crippen LogP contribution in [0.5, 0.6) is 5.75 Å². The van der Waals surface area contributed by atoms with Crippen LogP contribution in [0, 0.1) is 0 Å². The molecule has 0 saturated heterocycles. The second-order valence-corrected chi connectivity index (χ2v) is 4.20. The quantitative estimate of drug-likeness (QED) is 0.686. The van der Waals surface area contributed by atoms with Crippen LogP contribution >= 0.6 is 0 Å². The highest BCUT2D eigenvalue weighted by atomic mass is 16.5. The van der Waals surface area contributed by atoms with Gasteiger partial charge in [-0.2, -0.15) is 0 Å². The molecule has 0 aliphatic rings. The van der Waals surface area contributed by atoms with E-state index in [1.54, 1.807) is 19.5 Å². The molecule has 0 spiro atoms. The van der Waals surface area contributed by atoms with Crippen LogP contribution in [0.25, 0.3) is 0 Å². The van der Waals surface area contributed by atoms with E-state index in [0.29, 0.717) is 6.61 Å². The SMILES string of the molecule is CCCNC(COCCC)c1ccncc1OC. The van der Waals surface area contributed by atoms with Gasteiger partial charge in [-0.15, -0.1) is 0 Å². The van der Waals surface area contributed by atoms with Crippen LogP contribution in [-0.2, 0) is 4.74 Å². The molecule has 0 saturated carbocycles. The van der Waals surface area contributed by atoms with Gasteiger partial charge in [-0.3, -0.25) is 4.98 Å². The Morgan fingerprint density at radius 2 is 2.17 bits per heavy atom. The zero-order valence-electron chi connectivity index (χ0n) is 11.6. The first-order valence-corrected chi connectivity index (χ1v) is 6.62. The fourth-order valence-corrected chi connectivity index (χ4v) is 1.77. The highest BCUT2D eigenvalue weighted by Gasteiger charge is 2.15. The van der Waals surface area contributed by atoms with E-state index in [1.807, 2.05) is 6.07 Å². The van der Waals surface area contributed by atoms with Crippen LogP contribution in [0.1, 0.15) is 38.3 Å². The minimum Gasteiger partial charge on any atom is -0.495 e. The van der Waals surface area contributed by atoms with E-state index >= 15 is 0 Å². The number of ether oxygens (including phenoxy) is 2. The summed E-state index contributed by atoms with van der Waals surface area (Å²) in [5.74, 6) is 0.811. The molecule has 0 fully saturated rings. The van der Waals surface area contributed by atoms with Crippen molar-refractivity contribution < 1.29 is 9.47 Å². The summed E-state index contributed by atoms with van der Waals surface area (Å²) in [4.78, 5) is 4.08. The average Bonchev–Trinajstić information content (AvgIpc) is 2.42. The highest BCUT2D eigenvalue weighted by molar-refractivity contribution is 5.32. The van der Waals surface area contributed by atoms with Gasteiger partial charge in [0.25, 0.3) is 0 Å². The van der Waals surface area contributed by atoms with E-state index in [-0.39, 0.29) is 6.04 Å². The predicted octanol–water partition coefficient (Wildman–Crippen LogP) is 2.56. The Morgan fingerprint density at radius 1 is 1.33 bits per heavy atom. The molecule has 4 nitrogen and oxygen atoms in total. The molecule has 1 N–H and O–H groups in total. The number of nitrogens with zero attached hydrogens (tertiary/aromatic N) is 1. The first-order chi connectivity index (χ1) is 8.83. The van der Waals surface area contributed by atoms with Gasteiger partial charge in [-0.05, 0) is 25.5 Å². The summed E-state index contributed by atoms with van der Waals surface area (Å²) >= 11 is 0. The summed E-state index contributed by atoms with van der Waals surface area (Å²) in [5.41, 5.74) is 1.11. The van der Waals surface area contributed by atoms with Crippen molar-refractivity contribution in [1.82, 2.24) is 10.3 Å². The normalized spacial score (nSPS) is 12.4. The molecule has 0 aliphatic heterocycles. The van der Waals surface area contributed by atoms with Crippen molar-refractivity contribution in [3.8, 4) is 5.75 Å². The standard InChI is InChI=1S/C14H24N2O2/c1-4-7-16-13(11-18-9-5-2)12-6-8-15-10-14(12)17-3/h6,8,10,13,16H,4-5,7,9,11H2,1-3H3. The Hall–Kier alpha value is -1.13. The number of aromatic nitrogens is 1. The molecule has 0 radical (unpaired) electrons. The number of methoxy groups -OCH3 is 1. The smallest absolute Gasteiger partial charge is 0.142 e. The maximum Gasteiger partial charge on any atom is 0.142 e. The fraction of sp³-hybridized carbons (Fsp3) is 0.643. The van der Waals surface area contributed by atoms with Gasteiger partial charge in [0.1, 0.15) is 5.75 Å². The van der Waals surface area contributed by atoms with Gasteiger partial charge in [0.15, 0.2) is 0 Å². The minimum atomic E-state index is 0.162. The summed E-state index contributed by atoms with van der Waals surface area (Å²) in [7, 11) is 1.67. The lowest BCUT2D eigenvalue weighted by Gasteiger charge is -2.20. The number of nitrogens with one attached hydrogen (secondary N) is 1. The van der Waals surface area contributed by atoms with Crippen LogP contribution in [-0.4, -0.2) is 31.9 Å². The van der Waals surface area contributed by atoms with Gasteiger partial charge in [-0.25, -0.2) is 0 Å². The second-order valence-electron chi connectivity index (χ2n) is 4.20. The zero-order chi connectivity index (χ0) is 13.2. The molecule has 18 heavy (non-hydrogen) atoms.